The predicted octanol–water partition coefficient (Wildman–Crippen LogP) is 4.98. The van der Waals surface area contributed by atoms with Gasteiger partial charge < -0.3 is 0 Å². The molecule has 11 heteroatoms. The van der Waals surface area contributed by atoms with Crippen molar-refractivity contribution in [3.8, 4) is 0 Å². The standard InChI is InChI=1S/C11H15Cl3F5N3/c1-2-3-4-5-6-22-8(9(15,16)10(17,18)19)21(7-20-22)11(12,13)14/h7-8H,2-6H2,1H3. The van der Waals surface area contributed by atoms with Crippen LogP contribution in [0.15, 0.2) is 5.10 Å². The molecular formula is C11H15Cl3F5N3. The van der Waals surface area contributed by atoms with Crippen molar-refractivity contribution < 1.29 is 22.0 Å². The normalized spacial score (nSPS) is 20.1. The summed E-state index contributed by atoms with van der Waals surface area (Å²) >= 11 is 16.4. The number of rotatable bonds is 6. The van der Waals surface area contributed by atoms with Crippen LogP contribution in [-0.4, -0.2) is 45.0 Å². The van der Waals surface area contributed by atoms with Crippen molar-refractivity contribution in [2.75, 3.05) is 6.54 Å². The van der Waals surface area contributed by atoms with Crippen LogP contribution >= 0.6 is 34.8 Å². The fraction of sp³-hybridized carbons (Fsp3) is 0.909. The first kappa shape index (κ1) is 19.8. The van der Waals surface area contributed by atoms with Crippen molar-refractivity contribution in [2.24, 2.45) is 5.10 Å². The molecule has 0 aromatic rings. The van der Waals surface area contributed by atoms with Crippen molar-refractivity contribution in [1.82, 2.24) is 9.91 Å². The van der Waals surface area contributed by atoms with Crippen molar-refractivity contribution in [2.45, 2.75) is 54.8 Å². The second-order valence-electron chi connectivity index (χ2n) is 4.82. The average molecular weight is 391 g/mol. The SMILES string of the molecule is CCCCCCN1N=CN(C(Cl)(Cl)Cl)C1C(F)(F)C(F)(F)F. The molecule has 1 heterocycles. The molecule has 1 unspecified atom stereocenters. The van der Waals surface area contributed by atoms with Crippen molar-refractivity contribution in [3.05, 3.63) is 0 Å². The zero-order valence-electron chi connectivity index (χ0n) is 11.6. The summed E-state index contributed by atoms with van der Waals surface area (Å²) in [5.74, 6) is -5.11. The quantitative estimate of drug-likeness (QED) is 0.276. The smallest absolute Gasteiger partial charge is 0.289 e. The van der Waals surface area contributed by atoms with Gasteiger partial charge in [-0.1, -0.05) is 61.0 Å². The maximum absolute atomic E-state index is 13.8. The van der Waals surface area contributed by atoms with Gasteiger partial charge in [-0.3, -0.25) is 9.91 Å². The van der Waals surface area contributed by atoms with Crippen LogP contribution in [-0.2, 0) is 0 Å². The van der Waals surface area contributed by atoms with Crippen LogP contribution in [0, 0.1) is 0 Å². The summed E-state index contributed by atoms with van der Waals surface area (Å²) in [5, 5.41) is 4.16. The van der Waals surface area contributed by atoms with Crippen molar-refractivity contribution in [3.63, 3.8) is 0 Å². The Morgan fingerprint density at radius 1 is 1.05 bits per heavy atom. The third kappa shape index (κ3) is 4.41. The van der Waals surface area contributed by atoms with Gasteiger partial charge in [0.25, 0.3) is 3.92 Å². The summed E-state index contributed by atoms with van der Waals surface area (Å²) in [6.07, 6.45) is -4.80. The molecule has 1 atom stereocenters. The van der Waals surface area contributed by atoms with Gasteiger partial charge >= 0.3 is 12.1 Å². The lowest BCUT2D eigenvalue weighted by molar-refractivity contribution is -0.314. The topological polar surface area (TPSA) is 18.8 Å². The lowest BCUT2D eigenvalue weighted by Gasteiger charge is -2.39. The van der Waals surface area contributed by atoms with Gasteiger partial charge in [-0.15, -0.1) is 0 Å². The highest BCUT2D eigenvalue weighted by Crippen LogP contribution is 2.46. The molecule has 0 aromatic carbocycles. The lowest BCUT2D eigenvalue weighted by Crippen LogP contribution is -2.61. The molecule has 0 N–H and O–H groups in total. The molecule has 0 saturated heterocycles. The summed E-state index contributed by atoms with van der Waals surface area (Å²) in [5.41, 5.74) is 0. The largest absolute Gasteiger partial charge is 0.457 e. The van der Waals surface area contributed by atoms with Crippen LogP contribution in [0.5, 0.6) is 0 Å². The van der Waals surface area contributed by atoms with Gasteiger partial charge in [-0.25, -0.2) is 0 Å². The average Bonchev–Trinajstić information content (AvgIpc) is 2.77. The van der Waals surface area contributed by atoms with Crippen LogP contribution in [0.2, 0.25) is 0 Å². The zero-order chi connectivity index (χ0) is 17.2. The second kappa shape index (κ2) is 7.13. The molecule has 1 rings (SSSR count). The minimum absolute atomic E-state index is 0.0932. The number of hydrogen-bond donors (Lipinski definition) is 0. The molecule has 0 radical (unpaired) electrons. The molecule has 0 saturated carbocycles. The summed E-state index contributed by atoms with van der Waals surface area (Å²) in [4.78, 5) is 0.283. The number of halogens is 8. The molecule has 0 bridgehead atoms. The number of hydrazone groups is 1. The molecule has 0 aliphatic carbocycles. The Bertz CT molecular complexity index is 397. The molecular weight excluding hydrogens is 375 g/mol. The first-order valence-corrected chi connectivity index (χ1v) is 7.66. The number of hydrogen-bond acceptors (Lipinski definition) is 3. The Balaban J connectivity index is 2.95. The van der Waals surface area contributed by atoms with E-state index in [1.807, 2.05) is 6.92 Å². The summed E-state index contributed by atoms with van der Waals surface area (Å²) in [7, 11) is 0. The molecule has 0 fully saturated rings. The molecule has 1 aliphatic heterocycles. The van der Waals surface area contributed by atoms with E-state index in [1.54, 1.807) is 0 Å². The minimum Gasteiger partial charge on any atom is -0.289 e. The predicted molar refractivity (Wildman–Crippen MR) is 76.3 cm³/mol. The first-order valence-electron chi connectivity index (χ1n) is 6.53. The van der Waals surface area contributed by atoms with Crippen molar-refractivity contribution >= 4 is 41.1 Å². The number of alkyl halides is 8. The maximum Gasteiger partial charge on any atom is 0.457 e. The van der Waals surface area contributed by atoms with E-state index in [1.165, 1.54) is 0 Å². The van der Waals surface area contributed by atoms with E-state index in [0.29, 0.717) is 24.2 Å². The van der Waals surface area contributed by atoms with E-state index >= 15 is 0 Å². The molecule has 3 nitrogen and oxygen atoms in total. The summed E-state index contributed by atoms with van der Waals surface area (Å²) < 4.78 is 63.1. The fourth-order valence-corrected chi connectivity index (χ4v) is 2.39. The summed E-state index contributed by atoms with van der Waals surface area (Å²) in [6.45, 7) is 1.85. The van der Waals surface area contributed by atoms with Crippen LogP contribution in [0.3, 0.4) is 0 Å². The Kier molecular flexibility index (Phi) is 6.43. The Morgan fingerprint density at radius 2 is 1.64 bits per heavy atom. The van der Waals surface area contributed by atoms with Gasteiger partial charge in [0, 0.05) is 6.54 Å². The molecule has 1 aliphatic rings. The molecule has 0 aromatic heterocycles. The van der Waals surface area contributed by atoms with E-state index < -0.39 is 22.2 Å². The molecule has 0 amide bonds. The zero-order valence-corrected chi connectivity index (χ0v) is 13.8. The van der Waals surface area contributed by atoms with Crippen LogP contribution in [0.1, 0.15) is 32.6 Å². The van der Waals surface area contributed by atoms with E-state index in [0.717, 1.165) is 12.8 Å². The van der Waals surface area contributed by atoms with E-state index in [-0.39, 0.29) is 11.4 Å². The summed E-state index contributed by atoms with van der Waals surface area (Å²) in [6, 6.07) is 0. The van der Waals surface area contributed by atoms with Gasteiger partial charge in [0.05, 0.1) is 0 Å². The van der Waals surface area contributed by atoms with Crippen molar-refractivity contribution in [1.29, 1.82) is 0 Å². The highest BCUT2D eigenvalue weighted by Gasteiger charge is 2.68. The van der Waals surface area contributed by atoms with Crippen LogP contribution < -0.4 is 0 Å². The number of nitrogens with zero attached hydrogens (tertiary/aromatic N) is 3. The van der Waals surface area contributed by atoms with Gasteiger partial charge in [-0.2, -0.15) is 27.1 Å². The van der Waals surface area contributed by atoms with Gasteiger partial charge in [-0.05, 0) is 6.42 Å². The fourth-order valence-electron chi connectivity index (χ4n) is 1.98. The maximum atomic E-state index is 13.8. The van der Waals surface area contributed by atoms with Crippen LogP contribution in [0.4, 0.5) is 22.0 Å². The molecule has 0 spiro atoms. The van der Waals surface area contributed by atoms with E-state index in [2.05, 4.69) is 5.10 Å². The highest BCUT2D eigenvalue weighted by molar-refractivity contribution is 6.67. The third-order valence-corrected chi connectivity index (χ3v) is 3.69. The first-order chi connectivity index (χ1) is 9.93. The highest BCUT2D eigenvalue weighted by atomic mass is 35.6. The van der Waals surface area contributed by atoms with Gasteiger partial charge in [0.2, 0.25) is 0 Å². The third-order valence-electron chi connectivity index (χ3n) is 3.11. The van der Waals surface area contributed by atoms with Gasteiger partial charge in [0.1, 0.15) is 6.34 Å². The number of unbranched alkanes of at least 4 members (excludes halogenated alkanes) is 3. The minimum atomic E-state index is -5.79. The molecule has 22 heavy (non-hydrogen) atoms. The van der Waals surface area contributed by atoms with Crippen LogP contribution in [0.25, 0.3) is 0 Å². The monoisotopic (exact) mass is 389 g/mol. The molecule has 130 valence electrons. The Hall–Kier alpha value is -0.210. The Morgan fingerprint density at radius 3 is 2.09 bits per heavy atom. The lowest BCUT2D eigenvalue weighted by atomic mass is 10.2. The van der Waals surface area contributed by atoms with Gasteiger partial charge in [0.15, 0.2) is 6.17 Å². The van der Waals surface area contributed by atoms with E-state index in [4.69, 9.17) is 34.8 Å². The Labute approximate surface area is 140 Å². The van der Waals surface area contributed by atoms with E-state index in [9.17, 15) is 22.0 Å². The second-order valence-corrected chi connectivity index (χ2v) is 7.05.